The summed E-state index contributed by atoms with van der Waals surface area (Å²) in [4.78, 5) is 0. The van der Waals surface area contributed by atoms with Gasteiger partial charge in [0.15, 0.2) is 8.29 Å². The van der Waals surface area contributed by atoms with Crippen molar-refractivity contribution in [3.63, 3.8) is 0 Å². The van der Waals surface area contributed by atoms with Crippen LogP contribution in [0.4, 0.5) is 17.6 Å². The predicted octanol–water partition coefficient (Wildman–Crippen LogP) is 6.11. The van der Waals surface area contributed by atoms with Crippen LogP contribution in [-0.4, -0.2) is 9.78 Å². The van der Waals surface area contributed by atoms with Crippen LogP contribution in [0.3, 0.4) is 0 Å². The molecule has 0 bridgehead atoms. The zero-order valence-corrected chi connectivity index (χ0v) is 14.9. The Hall–Kier alpha value is -1.71. The SMILES string of the molecule is Fc1ccc(-n2nc(SCc3ccccc3C(F)(F)F)sc2=S)cc1. The minimum atomic E-state index is -4.39. The Balaban J connectivity index is 1.81. The maximum atomic E-state index is 13.0. The summed E-state index contributed by atoms with van der Waals surface area (Å²) in [6, 6.07) is 11.1. The predicted molar refractivity (Wildman–Crippen MR) is 93.2 cm³/mol. The molecule has 0 N–H and O–H groups in total. The Morgan fingerprint density at radius 3 is 2.44 bits per heavy atom. The average Bonchev–Trinajstić information content (AvgIpc) is 2.94. The van der Waals surface area contributed by atoms with Crippen LogP contribution in [0.25, 0.3) is 5.69 Å². The fourth-order valence-electron chi connectivity index (χ4n) is 2.13. The lowest BCUT2D eigenvalue weighted by Crippen LogP contribution is -2.08. The fraction of sp³-hybridized carbons (Fsp3) is 0.125. The summed E-state index contributed by atoms with van der Waals surface area (Å²) < 4.78 is 54.5. The van der Waals surface area contributed by atoms with Crippen molar-refractivity contribution in [2.45, 2.75) is 16.3 Å². The van der Waals surface area contributed by atoms with E-state index in [0.29, 0.717) is 14.0 Å². The lowest BCUT2D eigenvalue weighted by Gasteiger charge is -2.11. The minimum absolute atomic E-state index is 0.126. The summed E-state index contributed by atoms with van der Waals surface area (Å²) in [6.07, 6.45) is -4.39. The van der Waals surface area contributed by atoms with E-state index in [0.717, 1.165) is 6.07 Å². The summed E-state index contributed by atoms with van der Waals surface area (Å²) >= 11 is 7.62. The first-order valence-corrected chi connectivity index (χ1v) is 9.19. The van der Waals surface area contributed by atoms with Crippen molar-refractivity contribution in [2.75, 3.05) is 0 Å². The first-order chi connectivity index (χ1) is 11.8. The van der Waals surface area contributed by atoms with Crippen LogP contribution in [0.15, 0.2) is 52.9 Å². The lowest BCUT2D eigenvalue weighted by molar-refractivity contribution is -0.138. The van der Waals surface area contributed by atoms with Crippen LogP contribution < -0.4 is 0 Å². The highest BCUT2D eigenvalue weighted by atomic mass is 32.2. The van der Waals surface area contributed by atoms with Gasteiger partial charge >= 0.3 is 6.18 Å². The average molecular weight is 402 g/mol. The molecule has 0 radical (unpaired) electrons. The summed E-state index contributed by atoms with van der Waals surface area (Å²) in [5, 5.41) is 4.31. The molecular weight excluding hydrogens is 392 g/mol. The van der Waals surface area contributed by atoms with Crippen LogP contribution in [0.2, 0.25) is 0 Å². The summed E-state index contributed by atoms with van der Waals surface area (Å²) in [5.41, 5.74) is 0.142. The van der Waals surface area contributed by atoms with Crippen molar-refractivity contribution in [1.82, 2.24) is 9.78 Å². The third-order valence-electron chi connectivity index (χ3n) is 3.27. The summed E-state index contributed by atoms with van der Waals surface area (Å²) in [5.74, 6) is -0.245. The van der Waals surface area contributed by atoms with Gasteiger partial charge in [-0.05, 0) is 48.1 Å². The standard InChI is InChI=1S/C16H10F4N2S3/c17-11-5-7-12(8-6-11)22-15(23)25-14(21-22)24-9-10-3-1-2-4-13(10)16(18,19)20/h1-8H,9H2. The van der Waals surface area contributed by atoms with E-state index in [1.807, 2.05) is 0 Å². The van der Waals surface area contributed by atoms with E-state index in [1.54, 1.807) is 6.07 Å². The second kappa shape index (κ2) is 7.27. The van der Waals surface area contributed by atoms with Gasteiger partial charge in [-0.2, -0.15) is 13.2 Å². The van der Waals surface area contributed by atoms with Gasteiger partial charge in [-0.1, -0.05) is 41.3 Å². The Morgan fingerprint density at radius 2 is 1.76 bits per heavy atom. The first-order valence-electron chi connectivity index (χ1n) is 6.98. The molecule has 9 heteroatoms. The van der Waals surface area contributed by atoms with Crippen LogP contribution in [0.5, 0.6) is 0 Å². The zero-order chi connectivity index (χ0) is 18.0. The number of alkyl halides is 3. The molecule has 1 heterocycles. The molecule has 0 aliphatic heterocycles. The third-order valence-corrected chi connectivity index (χ3v) is 5.69. The van der Waals surface area contributed by atoms with Crippen molar-refractivity contribution in [1.29, 1.82) is 0 Å². The maximum absolute atomic E-state index is 13.0. The number of nitrogens with zero attached hydrogens (tertiary/aromatic N) is 2. The molecule has 25 heavy (non-hydrogen) atoms. The molecular formula is C16H10F4N2S3. The second-order valence-electron chi connectivity index (χ2n) is 4.97. The molecule has 1 aromatic heterocycles. The smallest absolute Gasteiger partial charge is 0.211 e. The molecule has 3 rings (SSSR count). The van der Waals surface area contributed by atoms with Gasteiger partial charge in [0.05, 0.1) is 11.3 Å². The molecule has 2 aromatic carbocycles. The number of benzene rings is 2. The van der Waals surface area contributed by atoms with Crippen molar-refractivity contribution in [3.05, 3.63) is 69.4 Å². The van der Waals surface area contributed by atoms with E-state index in [1.165, 1.54) is 64.2 Å². The van der Waals surface area contributed by atoms with Crippen LogP contribution >= 0.6 is 35.3 Å². The topological polar surface area (TPSA) is 17.8 Å². The van der Waals surface area contributed by atoms with E-state index in [2.05, 4.69) is 5.10 Å². The monoisotopic (exact) mass is 402 g/mol. The molecule has 0 saturated carbocycles. The van der Waals surface area contributed by atoms with Crippen LogP contribution in [0, 0.1) is 9.77 Å². The highest BCUT2D eigenvalue weighted by Crippen LogP contribution is 2.35. The molecule has 0 saturated heterocycles. The van der Waals surface area contributed by atoms with E-state index < -0.39 is 11.7 Å². The van der Waals surface area contributed by atoms with Gasteiger partial charge in [0.25, 0.3) is 0 Å². The molecule has 0 aliphatic carbocycles. The van der Waals surface area contributed by atoms with Gasteiger partial charge in [-0.3, -0.25) is 0 Å². The fourth-order valence-corrected chi connectivity index (χ4v) is 4.49. The Bertz CT molecular complexity index is 930. The Kier molecular flexibility index (Phi) is 5.26. The normalized spacial score (nSPS) is 11.7. The lowest BCUT2D eigenvalue weighted by atomic mass is 10.1. The largest absolute Gasteiger partial charge is 0.416 e. The molecule has 3 aromatic rings. The molecule has 0 unspecified atom stereocenters. The number of aromatic nitrogens is 2. The van der Waals surface area contributed by atoms with Crippen molar-refractivity contribution >= 4 is 35.3 Å². The molecule has 0 fully saturated rings. The Morgan fingerprint density at radius 1 is 1.08 bits per heavy atom. The summed E-state index contributed by atoms with van der Waals surface area (Å²) in [7, 11) is 0. The highest BCUT2D eigenvalue weighted by molar-refractivity contribution is 8.00. The molecule has 2 nitrogen and oxygen atoms in total. The van der Waals surface area contributed by atoms with Crippen molar-refractivity contribution in [3.8, 4) is 5.69 Å². The quantitative estimate of drug-likeness (QED) is 0.298. The molecule has 130 valence electrons. The molecule has 0 spiro atoms. The Labute approximate surface area is 154 Å². The van der Waals surface area contributed by atoms with Gasteiger partial charge in [0, 0.05) is 5.75 Å². The molecule has 0 amide bonds. The van der Waals surface area contributed by atoms with Gasteiger partial charge in [-0.15, -0.1) is 5.10 Å². The van der Waals surface area contributed by atoms with Gasteiger partial charge < -0.3 is 0 Å². The second-order valence-corrected chi connectivity index (χ2v) is 7.81. The number of hydrogen-bond acceptors (Lipinski definition) is 4. The van der Waals surface area contributed by atoms with Crippen LogP contribution in [-0.2, 0) is 11.9 Å². The third kappa shape index (κ3) is 4.28. The highest BCUT2D eigenvalue weighted by Gasteiger charge is 2.32. The number of rotatable bonds is 4. The van der Waals surface area contributed by atoms with E-state index >= 15 is 0 Å². The van der Waals surface area contributed by atoms with Crippen molar-refractivity contribution < 1.29 is 17.6 Å². The number of halogens is 4. The van der Waals surface area contributed by atoms with Crippen molar-refractivity contribution in [2.24, 2.45) is 0 Å². The number of hydrogen-bond donors (Lipinski definition) is 0. The van der Waals surface area contributed by atoms with Gasteiger partial charge in [0.2, 0.25) is 0 Å². The first kappa shape index (κ1) is 18.1. The zero-order valence-electron chi connectivity index (χ0n) is 12.5. The summed E-state index contributed by atoms with van der Waals surface area (Å²) in [6.45, 7) is 0. The van der Waals surface area contributed by atoms with E-state index in [9.17, 15) is 17.6 Å². The van der Waals surface area contributed by atoms with E-state index in [-0.39, 0.29) is 17.1 Å². The molecule has 0 aliphatic rings. The molecule has 0 atom stereocenters. The van der Waals surface area contributed by atoms with Crippen LogP contribution in [0.1, 0.15) is 11.1 Å². The maximum Gasteiger partial charge on any atom is 0.416 e. The minimum Gasteiger partial charge on any atom is -0.211 e. The van der Waals surface area contributed by atoms with E-state index in [4.69, 9.17) is 12.2 Å². The number of thioether (sulfide) groups is 1. The van der Waals surface area contributed by atoms with Gasteiger partial charge in [-0.25, -0.2) is 9.07 Å². The van der Waals surface area contributed by atoms with Gasteiger partial charge in [0.1, 0.15) is 5.82 Å².